The molecule has 0 saturated heterocycles. The maximum Gasteiger partial charge on any atom is 0.306 e. The van der Waals surface area contributed by atoms with Crippen LogP contribution in [0.3, 0.4) is 0 Å². The minimum absolute atomic E-state index is 0.184. The second-order valence-corrected chi connectivity index (χ2v) is 3.46. The van der Waals surface area contributed by atoms with E-state index < -0.39 is 24.2 Å². The van der Waals surface area contributed by atoms with Crippen molar-refractivity contribution in [3.63, 3.8) is 0 Å². The SMILES string of the molecule is CC(=O)OC(O)N1C(=O)c2ccccc2C1=O. The number of aliphatic hydroxyl groups excluding tert-OH is 1. The number of amides is 2. The normalized spacial score (nSPS) is 15.8. The zero-order chi connectivity index (χ0) is 12.6. The fourth-order valence-corrected chi connectivity index (χ4v) is 1.61. The van der Waals surface area contributed by atoms with Crippen LogP contribution in [0, 0.1) is 0 Å². The molecule has 1 aliphatic heterocycles. The highest BCUT2D eigenvalue weighted by atomic mass is 16.7. The highest BCUT2D eigenvalue weighted by molar-refractivity contribution is 6.21. The Kier molecular flexibility index (Phi) is 2.64. The van der Waals surface area contributed by atoms with Crippen LogP contribution in [0.1, 0.15) is 27.6 Å². The lowest BCUT2D eigenvalue weighted by molar-refractivity contribution is -0.183. The van der Waals surface area contributed by atoms with E-state index in [4.69, 9.17) is 0 Å². The molecular weight excluding hydrogens is 226 g/mol. The quantitative estimate of drug-likeness (QED) is 0.447. The average molecular weight is 235 g/mol. The van der Waals surface area contributed by atoms with Crippen molar-refractivity contribution in [2.24, 2.45) is 0 Å². The lowest BCUT2D eigenvalue weighted by Crippen LogP contribution is -2.42. The van der Waals surface area contributed by atoms with Gasteiger partial charge in [0, 0.05) is 6.92 Å². The first-order valence-electron chi connectivity index (χ1n) is 4.84. The number of imide groups is 1. The Morgan fingerprint density at radius 2 is 1.71 bits per heavy atom. The third-order valence-corrected chi connectivity index (χ3v) is 2.32. The van der Waals surface area contributed by atoms with Crippen LogP contribution in [-0.2, 0) is 9.53 Å². The first-order chi connectivity index (χ1) is 8.02. The summed E-state index contributed by atoms with van der Waals surface area (Å²) in [7, 11) is 0. The monoisotopic (exact) mass is 235 g/mol. The molecule has 1 heterocycles. The van der Waals surface area contributed by atoms with E-state index in [1.165, 1.54) is 12.1 Å². The van der Waals surface area contributed by atoms with Gasteiger partial charge in [-0.25, -0.2) is 4.90 Å². The molecule has 17 heavy (non-hydrogen) atoms. The standard InChI is InChI=1S/C11H9NO5/c1-6(13)17-11(16)12-9(14)7-4-2-3-5-8(7)10(12)15/h2-5,11,16H,1H3. The van der Waals surface area contributed by atoms with Crippen LogP contribution in [-0.4, -0.2) is 34.2 Å². The van der Waals surface area contributed by atoms with Crippen molar-refractivity contribution >= 4 is 17.8 Å². The summed E-state index contributed by atoms with van der Waals surface area (Å²) in [6.07, 6.45) is -1.89. The molecule has 88 valence electrons. The molecule has 1 N–H and O–H groups in total. The number of nitrogens with zero attached hydrogens (tertiary/aromatic N) is 1. The van der Waals surface area contributed by atoms with Gasteiger partial charge >= 0.3 is 5.97 Å². The predicted molar refractivity (Wildman–Crippen MR) is 54.7 cm³/mol. The zero-order valence-corrected chi connectivity index (χ0v) is 8.91. The van der Waals surface area contributed by atoms with Crippen molar-refractivity contribution in [2.75, 3.05) is 0 Å². The fourth-order valence-electron chi connectivity index (χ4n) is 1.61. The average Bonchev–Trinajstić information content (AvgIpc) is 2.51. The van der Waals surface area contributed by atoms with Gasteiger partial charge < -0.3 is 9.84 Å². The fraction of sp³-hybridized carbons (Fsp3) is 0.182. The van der Waals surface area contributed by atoms with Crippen LogP contribution < -0.4 is 0 Å². The number of carbonyl (C=O) groups is 3. The molecular formula is C11H9NO5. The van der Waals surface area contributed by atoms with Crippen LogP contribution in [0.15, 0.2) is 24.3 Å². The lowest BCUT2D eigenvalue weighted by Gasteiger charge is -2.19. The Hall–Kier alpha value is -2.21. The molecule has 0 radical (unpaired) electrons. The number of hydrogen-bond donors (Lipinski definition) is 1. The Morgan fingerprint density at radius 3 is 2.12 bits per heavy atom. The van der Waals surface area contributed by atoms with E-state index in [0.29, 0.717) is 4.90 Å². The predicted octanol–water partition coefficient (Wildman–Crippen LogP) is 0.122. The van der Waals surface area contributed by atoms with Crippen LogP contribution in [0.4, 0.5) is 0 Å². The van der Waals surface area contributed by atoms with Crippen molar-refractivity contribution in [3.8, 4) is 0 Å². The molecule has 6 heteroatoms. The summed E-state index contributed by atoms with van der Waals surface area (Å²) in [5.74, 6) is -2.15. The zero-order valence-electron chi connectivity index (χ0n) is 8.91. The van der Waals surface area contributed by atoms with Gasteiger partial charge in [0.1, 0.15) is 0 Å². The van der Waals surface area contributed by atoms with Gasteiger partial charge in [-0.2, -0.15) is 0 Å². The van der Waals surface area contributed by atoms with Crippen molar-refractivity contribution in [3.05, 3.63) is 35.4 Å². The summed E-state index contributed by atoms with van der Waals surface area (Å²) >= 11 is 0. The number of benzene rings is 1. The molecule has 1 atom stereocenters. The Labute approximate surface area is 96.4 Å². The van der Waals surface area contributed by atoms with Gasteiger partial charge in [-0.1, -0.05) is 12.1 Å². The molecule has 0 spiro atoms. The summed E-state index contributed by atoms with van der Waals surface area (Å²) in [5, 5.41) is 9.47. The largest absolute Gasteiger partial charge is 0.416 e. The van der Waals surface area contributed by atoms with Crippen molar-refractivity contribution in [1.82, 2.24) is 4.90 Å². The minimum atomic E-state index is -1.89. The summed E-state index contributed by atoms with van der Waals surface area (Å²) < 4.78 is 4.41. The van der Waals surface area contributed by atoms with E-state index in [9.17, 15) is 19.5 Å². The summed E-state index contributed by atoms with van der Waals surface area (Å²) in [4.78, 5) is 34.7. The molecule has 2 amide bonds. The second-order valence-electron chi connectivity index (χ2n) is 3.46. The maximum absolute atomic E-state index is 11.8. The van der Waals surface area contributed by atoms with Gasteiger partial charge in [-0.3, -0.25) is 14.4 Å². The molecule has 0 aliphatic carbocycles. The molecule has 0 bridgehead atoms. The van der Waals surface area contributed by atoms with Gasteiger partial charge in [-0.15, -0.1) is 0 Å². The summed E-state index contributed by atoms with van der Waals surface area (Å²) in [6.45, 7) is 1.07. The molecule has 0 aromatic heterocycles. The first kappa shape index (κ1) is 11.3. The van der Waals surface area contributed by atoms with Gasteiger partial charge in [0.15, 0.2) is 0 Å². The molecule has 2 rings (SSSR count). The summed E-state index contributed by atoms with van der Waals surface area (Å²) in [6, 6.07) is 6.14. The molecule has 0 fully saturated rings. The van der Waals surface area contributed by atoms with E-state index in [1.54, 1.807) is 12.1 Å². The van der Waals surface area contributed by atoms with Crippen LogP contribution >= 0.6 is 0 Å². The van der Waals surface area contributed by atoms with E-state index in [2.05, 4.69) is 4.74 Å². The number of hydrogen-bond acceptors (Lipinski definition) is 5. The Bertz CT molecular complexity index is 475. The molecule has 1 unspecified atom stereocenters. The number of aliphatic hydroxyl groups is 1. The number of carbonyl (C=O) groups excluding carboxylic acids is 3. The highest BCUT2D eigenvalue weighted by Gasteiger charge is 2.40. The third-order valence-electron chi connectivity index (χ3n) is 2.32. The van der Waals surface area contributed by atoms with Gasteiger partial charge in [-0.05, 0) is 12.1 Å². The van der Waals surface area contributed by atoms with Gasteiger partial charge in [0.25, 0.3) is 18.2 Å². The van der Waals surface area contributed by atoms with Crippen molar-refractivity contribution in [2.45, 2.75) is 13.3 Å². The first-order valence-corrected chi connectivity index (χ1v) is 4.84. The van der Waals surface area contributed by atoms with E-state index in [1.807, 2.05) is 0 Å². The number of esters is 1. The van der Waals surface area contributed by atoms with E-state index >= 15 is 0 Å². The van der Waals surface area contributed by atoms with E-state index in [0.717, 1.165) is 6.92 Å². The van der Waals surface area contributed by atoms with Gasteiger partial charge in [0.05, 0.1) is 11.1 Å². The maximum atomic E-state index is 11.8. The molecule has 0 saturated carbocycles. The van der Waals surface area contributed by atoms with Crippen molar-refractivity contribution < 1.29 is 24.2 Å². The number of fused-ring (bicyclic) bond motifs is 1. The van der Waals surface area contributed by atoms with Crippen molar-refractivity contribution in [1.29, 1.82) is 0 Å². The molecule has 6 nitrogen and oxygen atoms in total. The number of rotatable bonds is 2. The van der Waals surface area contributed by atoms with Crippen LogP contribution in [0.2, 0.25) is 0 Å². The van der Waals surface area contributed by atoms with Gasteiger partial charge in [0.2, 0.25) is 0 Å². The molecule has 1 aliphatic rings. The Morgan fingerprint density at radius 1 is 1.24 bits per heavy atom. The topological polar surface area (TPSA) is 83.9 Å². The number of ether oxygens (including phenoxy) is 1. The van der Waals surface area contributed by atoms with E-state index in [-0.39, 0.29) is 11.1 Å². The smallest absolute Gasteiger partial charge is 0.306 e. The lowest BCUT2D eigenvalue weighted by atomic mass is 10.1. The highest BCUT2D eigenvalue weighted by Crippen LogP contribution is 2.23. The van der Waals surface area contributed by atoms with Crippen LogP contribution in [0.25, 0.3) is 0 Å². The Balaban J connectivity index is 2.33. The van der Waals surface area contributed by atoms with Crippen LogP contribution in [0.5, 0.6) is 0 Å². The molecule has 1 aromatic rings. The third kappa shape index (κ3) is 1.78. The molecule has 1 aromatic carbocycles. The second kappa shape index (κ2) is 3.99. The minimum Gasteiger partial charge on any atom is -0.416 e. The summed E-state index contributed by atoms with van der Waals surface area (Å²) in [5.41, 5.74) is 0.368.